The van der Waals surface area contributed by atoms with Gasteiger partial charge < -0.3 is 4.90 Å². The predicted molar refractivity (Wildman–Crippen MR) is 114 cm³/mol. The smallest absolute Gasteiger partial charge is 0.274 e. The van der Waals surface area contributed by atoms with Gasteiger partial charge in [0.05, 0.1) is 22.9 Å². The van der Waals surface area contributed by atoms with Gasteiger partial charge in [-0.05, 0) is 37.1 Å². The molecule has 4 nitrogen and oxygen atoms in total. The number of hydrogen-bond acceptors (Lipinski definition) is 2. The average Bonchev–Trinajstić information content (AvgIpc) is 2.99. The fourth-order valence-electron chi connectivity index (χ4n) is 3.75. The van der Waals surface area contributed by atoms with Gasteiger partial charge in [-0.3, -0.25) is 4.79 Å². The van der Waals surface area contributed by atoms with Crippen molar-refractivity contribution < 1.29 is 13.6 Å². The minimum atomic E-state index is -2.98. The van der Waals surface area contributed by atoms with Crippen LogP contribution in [0.25, 0.3) is 16.9 Å². The van der Waals surface area contributed by atoms with Crippen molar-refractivity contribution in [2.24, 2.45) is 0 Å². The summed E-state index contributed by atoms with van der Waals surface area (Å²) in [5, 5.41) is 5.62. The molecule has 0 spiro atoms. The molecule has 30 heavy (non-hydrogen) atoms. The molecule has 0 aliphatic carbocycles. The zero-order valence-corrected chi connectivity index (χ0v) is 17.7. The van der Waals surface area contributed by atoms with E-state index in [1.54, 1.807) is 35.0 Å². The maximum Gasteiger partial charge on any atom is 0.274 e. The fourth-order valence-corrected chi connectivity index (χ4v) is 4.09. The largest absolute Gasteiger partial charge is 0.331 e. The van der Waals surface area contributed by atoms with Crippen molar-refractivity contribution in [3.63, 3.8) is 0 Å². The van der Waals surface area contributed by atoms with Gasteiger partial charge in [0.1, 0.15) is 0 Å². The highest BCUT2D eigenvalue weighted by molar-refractivity contribution is 6.32. The normalized spacial score (nSPS) is 14.6. The SMILES string of the molecule is CC(F)(F)CN1CCCc2c(nn(-c3ccccc3Cl)c2-c2ccc(Cl)cc2)C1=O. The Morgan fingerprint density at radius 3 is 2.47 bits per heavy atom. The fraction of sp³-hybridized carbons (Fsp3) is 0.273. The lowest BCUT2D eigenvalue weighted by molar-refractivity contribution is -0.0109. The van der Waals surface area contributed by atoms with Crippen molar-refractivity contribution in [1.82, 2.24) is 14.7 Å². The Bertz CT molecular complexity index is 1090. The van der Waals surface area contributed by atoms with E-state index in [1.807, 2.05) is 18.2 Å². The third-order valence-electron chi connectivity index (χ3n) is 4.99. The molecule has 4 rings (SSSR count). The van der Waals surface area contributed by atoms with Crippen molar-refractivity contribution in [1.29, 1.82) is 0 Å². The molecular formula is C22H19Cl2F2N3O. The van der Waals surface area contributed by atoms with Crippen LogP contribution in [0.5, 0.6) is 0 Å². The summed E-state index contributed by atoms with van der Waals surface area (Å²) >= 11 is 12.5. The Kier molecular flexibility index (Phi) is 5.55. The predicted octanol–water partition coefficient (Wildman–Crippen LogP) is 5.89. The molecule has 156 valence electrons. The van der Waals surface area contributed by atoms with E-state index in [0.29, 0.717) is 34.3 Å². The highest BCUT2D eigenvalue weighted by Crippen LogP contribution is 2.35. The molecule has 1 aliphatic rings. The molecule has 2 heterocycles. The molecule has 8 heteroatoms. The van der Waals surface area contributed by atoms with Gasteiger partial charge in [0.15, 0.2) is 5.69 Å². The molecule has 1 aliphatic heterocycles. The minimum absolute atomic E-state index is 0.182. The second-order valence-electron chi connectivity index (χ2n) is 7.45. The summed E-state index contributed by atoms with van der Waals surface area (Å²) in [6.07, 6.45) is 1.10. The summed E-state index contributed by atoms with van der Waals surface area (Å²) in [6.45, 7) is 0.429. The first kappa shape index (κ1) is 20.8. The lowest BCUT2D eigenvalue weighted by Crippen LogP contribution is -2.39. The van der Waals surface area contributed by atoms with Gasteiger partial charge in [-0.2, -0.15) is 5.10 Å². The van der Waals surface area contributed by atoms with Gasteiger partial charge in [0.2, 0.25) is 0 Å². The molecule has 1 aromatic heterocycles. The Morgan fingerprint density at radius 1 is 1.10 bits per heavy atom. The molecule has 2 aromatic carbocycles. The van der Waals surface area contributed by atoms with Crippen LogP contribution < -0.4 is 0 Å². The van der Waals surface area contributed by atoms with Crippen LogP contribution in [0, 0.1) is 0 Å². The van der Waals surface area contributed by atoms with E-state index in [4.69, 9.17) is 23.2 Å². The van der Waals surface area contributed by atoms with E-state index in [9.17, 15) is 13.6 Å². The number of benzene rings is 2. The van der Waals surface area contributed by atoms with Crippen molar-refractivity contribution >= 4 is 29.1 Å². The Hall–Kier alpha value is -2.44. The van der Waals surface area contributed by atoms with Crippen LogP contribution in [0.2, 0.25) is 10.0 Å². The maximum atomic E-state index is 13.6. The Morgan fingerprint density at radius 2 is 1.80 bits per heavy atom. The van der Waals surface area contributed by atoms with Crippen LogP contribution in [0.15, 0.2) is 48.5 Å². The van der Waals surface area contributed by atoms with Gasteiger partial charge in [0, 0.05) is 29.6 Å². The van der Waals surface area contributed by atoms with Crippen LogP contribution in [0.4, 0.5) is 8.78 Å². The zero-order valence-electron chi connectivity index (χ0n) is 16.2. The number of halogens is 4. The quantitative estimate of drug-likeness (QED) is 0.497. The molecule has 0 bridgehead atoms. The Balaban J connectivity index is 1.91. The highest BCUT2D eigenvalue weighted by atomic mass is 35.5. The second-order valence-corrected chi connectivity index (χ2v) is 8.29. The first-order valence-corrected chi connectivity index (χ1v) is 10.3. The van der Waals surface area contributed by atoms with Gasteiger partial charge in [-0.25, -0.2) is 13.5 Å². The maximum absolute atomic E-state index is 13.6. The Labute approximate surface area is 183 Å². The average molecular weight is 450 g/mol. The number of carbonyl (C=O) groups is 1. The molecule has 0 N–H and O–H groups in total. The number of alkyl halides is 2. The lowest BCUT2D eigenvalue weighted by Gasteiger charge is -2.23. The van der Waals surface area contributed by atoms with Crippen molar-refractivity contribution in [3.8, 4) is 16.9 Å². The number of para-hydroxylation sites is 1. The minimum Gasteiger partial charge on any atom is -0.331 e. The van der Waals surface area contributed by atoms with Crippen LogP contribution in [0.3, 0.4) is 0 Å². The van der Waals surface area contributed by atoms with Gasteiger partial charge >= 0.3 is 0 Å². The zero-order chi connectivity index (χ0) is 21.5. The van der Waals surface area contributed by atoms with E-state index >= 15 is 0 Å². The van der Waals surface area contributed by atoms with Gasteiger partial charge in [-0.15, -0.1) is 0 Å². The summed E-state index contributed by atoms with van der Waals surface area (Å²) in [4.78, 5) is 14.3. The summed E-state index contributed by atoms with van der Waals surface area (Å²) in [5.74, 6) is -3.48. The van der Waals surface area contributed by atoms with Crippen molar-refractivity contribution in [2.75, 3.05) is 13.1 Å². The summed E-state index contributed by atoms with van der Waals surface area (Å²) in [6, 6.07) is 14.4. The number of amides is 1. The number of nitrogens with zero attached hydrogens (tertiary/aromatic N) is 3. The molecule has 0 atom stereocenters. The first-order valence-electron chi connectivity index (χ1n) is 9.54. The number of rotatable bonds is 4. The van der Waals surface area contributed by atoms with Crippen LogP contribution in [-0.2, 0) is 6.42 Å². The monoisotopic (exact) mass is 449 g/mol. The first-order chi connectivity index (χ1) is 14.2. The van der Waals surface area contributed by atoms with Crippen LogP contribution in [0.1, 0.15) is 29.4 Å². The van der Waals surface area contributed by atoms with Gasteiger partial charge in [0.25, 0.3) is 11.8 Å². The molecule has 0 saturated carbocycles. The molecule has 1 amide bonds. The molecule has 0 unspecified atom stereocenters. The standard InChI is InChI=1S/C22H19Cl2F2N3O/c1-22(25,26)13-28-12-4-5-16-19(21(28)30)27-29(18-7-3-2-6-17(18)24)20(16)14-8-10-15(23)11-9-14/h2-3,6-11H,4-5,12-13H2,1H3. The number of aromatic nitrogens is 2. The third-order valence-corrected chi connectivity index (χ3v) is 5.57. The molecule has 0 fully saturated rings. The van der Waals surface area contributed by atoms with E-state index in [-0.39, 0.29) is 12.2 Å². The summed E-state index contributed by atoms with van der Waals surface area (Å²) < 4.78 is 28.9. The number of hydrogen-bond donors (Lipinski definition) is 0. The van der Waals surface area contributed by atoms with Gasteiger partial charge in [-0.1, -0.05) is 47.5 Å². The molecular weight excluding hydrogens is 431 g/mol. The van der Waals surface area contributed by atoms with E-state index in [0.717, 1.165) is 18.1 Å². The van der Waals surface area contributed by atoms with E-state index in [2.05, 4.69) is 5.10 Å². The van der Waals surface area contributed by atoms with Crippen LogP contribution in [-0.4, -0.2) is 39.6 Å². The topological polar surface area (TPSA) is 38.1 Å². The number of carbonyl (C=O) groups excluding carboxylic acids is 1. The van der Waals surface area contributed by atoms with E-state index in [1.165, 1.54) is 4.90 Å². The molecule has 0 saturated heterocycles. The summed E-state index contributed by atoms with van der Waals surface area (Å²) in [7, 11) is 0. The molecule has 0 radical (unpaired) electrons. The van der Waals surface area contributed by atoms with E-state index < -0.39 is 18.4 Å². The van der Waals surface area contributed by atoms with Crippen molar-refractivity contribution in [3.05, 3.63) is 69.8 Å². The number of fused-ring (bicyclic) bond motifs is 1. The molecule has 3 aromatic rings. The second kappa shape index (κ2) is 8.00. The highest BCUT2D eigenvalue weighted by Gasteiger charge is 2.34. The third kappa shape index (κ3) is 4.07. The lowest BCUT2D eigenvalue weighted by atomic mass is 10.0. The van der Waals surface area contributed by atoms with Crippen molar-refractivity contribution in [2.45, 2.75) is 25.7 Å². The summed E-state index contributed by atoms with van der Waals surface area (Å²) in [5.41, 5.74) is 3.05. The van der Waals surface area contributed by atoms with Crippen LogP contribution >= 0.6 is 23.2 Å².